The third-order valence-corrected chi connectivity index (χ3v) is 3.55. The number of rotatable bonds is 6. The van der Waals surface area contributed by atoms with Crippen LogP contribution in [-0.4, -0.2) is 48.9 Å². The van der Waals surface area contributed by atoms with Gasteiger partial charge in [-0.3, -0.25) is 4.90 Å². The minimum absolute atomic E-state index is 0. The van der Waals surface area contributed by atoms with Gasteiger partial charge in [-0.1, -0.05) is 12.1 Å². The first-order chi connectivity index (χ1) is 9.33. The van der Waals surface area contributed by atoms with Crippen molar-refractivity contribution in [2.75, 3.05) is 32.8 Å². The van der Waals surface area contributed by atoms with Crippen LogP contribution in [0.2, 0.25) is 0 Å². The van der Waals surface area contributed by atoms with Crippen LogP contribution in [0.3, 0.4) is 0 Å². The Morgan fingerprint density at radius 1 is 1.29 bits per heavy atom. The molecule has 2 N–H and O–H groups in total. The molecule has 0 saturated carbocycles. The molecule has 1 unspecified atom stereocenters. The smallest absolute Gasteiger partial charge is 0.119 e. The predicted molar refractivity (Wildman–Crippen MR) is 90.9 cm³/mol. The lowest BCUT2D eigenvalue weighted by molar-refractivity contribution is 0.123. The molecule has 0 bridgehead atoms. The minimum atomic E-state index is 0. The third kappa shape index (κ3) is 6.41. The summed E-state index contributed by atoms with van der Waals surface area (Å²) in [5.74, 6) is 0.929. The number of nitrogens with zero attached hydrogens (tertiary/aromatic N) is 1. The summed E-state index contributed by atoms with van der Waals surface area (Å²) in [7, 11) is 0. The second kappa shape index (κ2) is 11.1. The van der Waals surface area contributed by atoms with Gasteiger partial charge in [-0.15, -0.1) is 24.8 Å². The van der Waals surface area contributed by atoms with Crippen LogP contribution in [0.25, 0.3) is 0 Å². The second-order valence-corrected chi connectivity index (χ2v) is 4.92. The van der Waals surface area contributed by atoms with Crippen molar-refractivity contribution in [2.45, 2.75) is 25.9 Å². The second-order valence-electron chi connectivity index (χ2n) is 4.92. The van der Waals surface area contributed by atoms with Crippen molar-refractivity contribution in [1.29, 1.82) is 0 Å². The standard InChI is InChI=1S/C15H24N2O2.2ClH/c1-2-19-15-5-3-13(4-6-15)12-17-9-8-16-11-14(17)7-10-18;;/h3-6,14,16,18H,2,7-12H2,1H3;2*1H. The molecule has 6 heteroatoms. The van der Waals surface area contributed by atoms with E-state index in [4.69, 9.17) is 9.84 Å². The van der Waals surface area contributed by atoms with Gasteiger partial charge < -0.3 is 15.2 Å². The van der Waals surface area contributed by atoms with E-state index >= 15 is 0 Å². The Morgan fingerprint density at radius 2 is 2.00 bits per heavy atom. The molecule has 0 radical (unpaired) electrons. The fourth-order valence-corrected chi connectivity index (χ4v) is 2.54. The van der Waals surface area contributed by atoms with E-state index < -0.39 is 0 Å². The Balaban J connectivity index is 0.00000200. The van der Waals surface area contributed by atoms with Crippen molar-refractivity contribution in [1.82, 2.24) is 10.2 Å². The summed E-state index contributed by atoms with van der Waals surface area (Å²) in [5, 5.41) is 12.5. The zero-order chi connectivity index (χ0) is 13.5. The lowest BCUT2D eigenvalue weighted by atomic mass is 10.1. The maximum absolute atomic E-state index is 9.13. The Morgan fingerprint density at radius 3 is 2.62 bits per heavy atom. The topological polar surface area (TPSA) is 44.7 Å². The number of hydrogen-bond donors (Lipinski definition) is 2. The largest absolute Gasteiger partial charge is 0.494 e. The zero-order valence-corrected chi connectivity index (χ0v) is 14.1. The monoisotopic (exact) mass is 336 g/mol. The summed E-state index contributed by atoms with van der Waals surface area (Å²) < 4.78 is 5.45. The van der Waals surface area contributed by atoms with Gasteiger partial charge in [-0.05, 0) is 31.0 Å². The highest BCUT2D eigenvalue weighted by Crippen LogP contribution is 2.16. The van der Waals surface area contributed by atoms with Crippen LogP contribution in [0, 0.1) is 0 Å². The molecule has 1 fully saturated rings. The molecule has 0 aliphatic carbocycles. The van der Waals surface area contributed by atoms with Crippen LogP contribution in [0.1, 0.15) is 18.9 Å². The van der Waals surface area contributed by atoms with Crippen molar-refractivity contribution >= 4 is 24.8 Å². The summed E-state index contributed by atoms with van der Waals surface area (Å²) in [6.07, 6.45) is 0.837. The van der Waals surface area contributed by atoms with Gasteiger partial charge in [0.15, 0.2) is 0 Å². The van der Waals surface area contributed by atoms with Gasteiger partial charge in [0, 0.05) is 38.8 Å². The Kier molecular flexibility index (Phi) is 10.8. The predicted octanol–water partition coefficient (Wildman–Crippen LogP) is 2.09. The lowest BCUT2D eigenvalue weighted by Gasteiger charge is -2.36. The van der Waals surface area contributed by atoms with Crippen molar-refractivity contribution in [2.24, 2.45) is 0 Å². The molecule has 0 spiro atoms. The van der Waals surface area contributed by atoms with E-state index in [1.54, 1.807) is 0 Å². The highest BCUT2D eigenvalue weighted by molar-refractivity contribution is 5.85. The number of aliphatic hydroxyl groups excluding tert-OH is 1. The average molecular weight is 337 g/mol. The summed E-state index contributed by atoms with van der Waals surface area (Å²) >= 11 is 0. The van der Waals surface area contributed by atoms with Gasteiger partial charge in [0.1, 0.15) is 5.75 Å². The van der Waals surface area contributed by atoms with Crippen molar-refractivity contribution in [3.63, 3.8) is 0 Å². The number of nitrogens with one attached hydrogen (secondary N) is 1. The molecule has 2 rings (SSSR count). The van der Waals surface area contributed by atoms with E-state index in [-0.39, 0.29) is 31.4 Å². The molecular formula is C15H26Cl2N2O2. The maximum Gasteiger partial charge on any atom is 0.119 e. The molecule has 122 valence electrons. The first kappa shape index (κ1) is 20.5. The van der Waals surface area contributed by atoms with Crippen molar-refractivity contribution in [3.8, 4) is 5.75 Å². The van der Waals surface area contributed by atoms with Crippen molar-refractivity contribution in [3.05, 3.63) is 29.8 Å². The van der Waals surface area contributed by atoms with E-state index in [2.05, 4.69) is 22.3 Å². The maximum atomic E-state index is 9.13. The van der Waals surface area contributed by atoms with E-state index in [9.17, 15) is 0 Å². The fourth-order valence-electron chi connectivity index (χ4n) is 2.54. The summed E-state index contributed by atoms with van der Waals surface area (Å²) in [6.45, 7) is 6.93. The molecule has 1 heterocycles. The minimum Gasteiger partial charge on any atom is -0.494 e. The molecule has 1 aliphatic heterocycles. The Labute approximate surface area is 139 Å². The van der Waals surface area contributed by atoms with Gasteiger partial charge >= 0.3 is 0 Å². The summed E-state index contributed by atoms with van der Waals surface area (Å²) in [4.78, 5) is 2.45. The number of halogens is 2. The van der Waals surface area contributed by atoms with Gasteiger partial charge in [-0.25, -0.2) is 0 Å². The SMILES string of the molecule is CCOc1ccc(CN2CCNCC2CCO)cc1.Cl.Cl. The van der Waals surface area contributed by atoms with Crippen molar-refractivity contribution < 1.29 is 9.84 Å². The number of hydrogen-bond acceptors (Lipinski definition) is 4. The van der Waals surface area contributed by atoms with E-state index in [1.165, 1.54) is 5.56 Å². The fraction of sp³-hybridized carbons (Fsp3) is 0.600. The summed E-state index contributed by atoms with van der Waals surface area (Å²) in [5.41, 5.74) is 1.30. The molecule has 0 aromatic heterocycles. The summed E-state index contributed by atoms with van der Waals surface area (Å²) in [6, 6.07) is 8.75. The Hall–Kier alpha value is -0.520. The molecule has 1 atom stereocenters. The third-order valence-electron chi connectivity index (χ3n) is 3.55. The van der Waals surface area contributed by atoms with Crippen LogP contribution in [-0.2, 0) is 6.54 Å². The first-order valence-electron chi connectivity index (χ1n) is 7.11. The zero-order valence-electron chi connectivity index (χ0n) is 12.5. The van der Waals surface area contributed by atoms with E-state index in [1.807, 2.05) is 19.1 Å². The normalized spacial score (nSPS) is 18.5. The quantitative estimate of drug-likeness (QED) is 0.834. The number of aliphatic hydroxyl groups is 1. The molecule has 1 saturated heterocycles. The number of ether oxygens (including phenoxy) is 1. The lowest BCUT2D eigenvalue weighted by Crippen LogP contribution is -2.51. The molecular weight excluding hydrogens is 311 g/mol. The average Bonchev–Trinajstić information content (AvgIpc) is 2.44. The van der Waals surface area contributed by atoms with E-state index in [0.717, 1.165) is 38.3 Å². The first-order valence-corrected chi connectivity index (χ1v) is 7.11. The van der Waals surface area contributed by atoms with Crippen LogP contribution in [0.5, 0.6) is 5.75 Å². The number of piperazine rings is 1. The highest BCUT2D eigenvalue weighted by Gasteiger charge is 2.21. The molecule has 1 aromatic carbocycles. The molecule has 21 heavy (non-hydrogen) atoms. The van der Waals surface area contributed by atoms with Gasteiger partial charge in [-0.2, -0.15) is 0 Å². The number of benzene rings is 1. The van der Waals surface area contributed by atoms with Crippen LogP contribution in [0.15, 0.2) is 24.3 Å². The van der Waals surface area contributed by atoms with Crippen LogP contribution < -0.4 is 10.1 Å². The van der Waals surface area contributed by atoms with E-state index in [0.29, 0.717) is 12.6 Å². The molecule has 0 amide bonds. The van der Waals surface area contributed by atoms with Crippen LogP contribution in [0.4, 0.5) is 0 Å². The van der Waals surface area contributed by atoms with Crippen LogP contribution >= 0.6 is 24.8 Å². The van der Waals surface area contributed by atoms with Gasteiger partial charge in [0.05, 0.1) is 6.61 Å². The van der Waals surface area contributed by atoms with Gasteiger partial charge in [0.2, 0.25) is 0 Å². The molecule has 1 aliphatic rings. The van der Waals surface area contributed by atoms with Gasteiger partial charge in [0.25, 0.3) is 0 Å². The Bertz CT molecular complexity index is 374. The molecule has 1 aromatic rings. The molecule has 4 nitrogen and oxygen atoms in total. The highest BCUT2D eigenvalue weighted by atomic mass is 35.5.